The van der Waals surface area contributed by atoms with Gasteiger partial charge in [-0.15, -0.1) is 0 Å². The molecule has 1 atom stereocenters. The smallest absolute Gasteiger partial charge is 0.353 e. The lowest BCUT2D eigenvalue weighted by Gasteiger charge is -2.13. The maximum atomic E-state index is 11.0. The van der Waals surface area contributed by atoms with Crippen molar-refractivity contribution in [3.8, 4) is 0 Å². The summed E-state index contributed by atoms with van der Waals surface area (Å²) in [5, 5.41) is 3.06. The monoisotopic (exact) mass is 243 g/mol. The van der Waals surface area contributed by atoms with Gasteiger partial charge < -0.3 is 10.1 Å². The first-order valence-corrected chi connectivity index (χ1v) is 5.02. The average Bonchev–Trinajstić information content (AvgIpc) is 2.48. The second kappa shape index (κ2) is 4.13. The van der Waals surface area contributed by atoms with Crippen molar-refractivity contribution in [2.45, 2.75) is 6.23 Å². The molecule has 0 spiro atoms. The van der Waals surface area contributed by atoms with Crippen molar-refractivity contribution < 1.29 is 9.53 Å². The van der Waals surface area contributed by atoms with E-state index >= 15 is 0 Å². The van der Waals surface area contributed by atoms with Crippen LogP contribution in [0.15, 0.2) is 40.4 Å². The summed E-state index contributed by atoms with van der Waals surface area (Å²) in [6.07, 6.45) is -0.686. The molecule has 2 rings (SSSR count). The van der Waals surface area contributed by atoms with Crippen LogP contribution in [0.5, 0.6) is 0 Å². The number of para-hydroxylation sites is 1. The number of cyclic esters (lactones) is 1. The summed E-state index contributed by atoms with van der Waals surface area (Å²) < 4.78 is 4.90. The topological polar surface area (TPSA) is 38.3 Å². The number of rotatable bonds is 2. The first-order valence-electron chi connectivity index (χ1n) is 4.26. The molecule has 0 aliphatic carbocycles. The Bertz CT molecular complexity index is 417. The number of esters is 1. The Labute approximate surface area is 96.6 Å². The summed E-state index contributed by atoms with van der Waals surface area (Å²) in [6.45, 7) is 0. The molecule has 0 radical (unpaired) electrons. The summed E-state index contributed by atoms with van der Waals surface area (Å²) in [7, 11) is 0. The zero-order valence-electron chi connectivity index (χ0n) is 7.54. The number of anilines is 1. The number of benzene rings is 1. The van der Waals surface area contributed by atoms with Crippen molar-refractivity contribution in [1.29, 1.82) is 0 Å². The lowest BCUT2D eigenvalue weighted by atomic mass is 10.3. The second-order valence-corrected chi connectivity index (χ2v) is 3.74. The Morgan fingerprint density at radius 2 is 1.87 bits per heavy atom. The fourth-order valence-corrected chi connectivity index (χ4v) is 1.52. The molecule has 0 amide bonds. The van der Waals surface area contributed by atoms with E-state index in [0.29, 0.717) is 0 Å². The van der Waals surface area contributed by atoms with Crippen molar-refractivity contribution in [3.05, 3.63) is 40.4 Å². The van der Waals surface area contributed by atoms with Crippen LogP contribution in [0, 0.1) is 0 Å². The molecule has 15 heavy (non-hydrogen) atoms. The molecule has 0 fully saturated rings. The fourth-order valence-electron chi connectivity index (χ4n) is 1.20. The van der Waals surface area contributed by atoms with Gasteiger partial charge in [-0.05, 0) is 12.1 Å². The van der Waals surface area contributed by atoms with Gasteiger partial charge in [0.05, 0.1) is 0 Å². The summed E-state index contributed by atoms with van der Waals surface area (Å²) in [4.78, 5) is 11.0. The van der Waals surface area contributed by atoms with E-state index in [2.05, 4.69) is 5.32 Å². The number of hydrogen-bond donors (Lipinski definition) is 1. The minimum atomic E-state index is -0.686. The normalized spacial score (nSPS) is 20.4. The molecule has 1 unspecified atom stereocenters. The van der Waals surface area contributed by atoms with Crippen molar-refractivity contribution in [2.75, 3.05) is 5.32 Å². The first kappa shape index (κ1) is 10.3. The maximum Gasteiger partial charge on any atom is 0.353 e. The van der Waals surface area contributed by atoms with Gasteiger partial charge in [0.15, 0.2) is 0 Å². The van der Waals surface area contributed by atoms with Crippen LogP contribution >= 0.6 is 23.2 Å². The average molecular weight is 244 g/mol. The molecule has 0 aromatic heterocycles. The zero-order chi connectivity index (χ0) is 10.8. The molecule has 1 aliphatic heterocycles. The van der Waals surface area contributed by atoms with Crippen LogP contribution in [0.4, 0.5) is 5.69 Å². The molecular weight excluding hydrogens is 237 g/mol. The lowest BCUT2D eigenvalue weighted by molar-refractivity contribution is -0.138. The summed E-state index contributed by atoms with van der Waals surface area (Å²) >= 11 is 11.4. The van der Waals surface area contributed by atoms with E-state index in [1.165, 1.54) is 0 Å². The molecule has 1 aromatic carbocycles. The quantitative estimate of drug-likeness (QED) is 0.812. The van der Waals surface area contributed by atoms with Crippen LogP contribution in [0.3, 0.4) is 0 Å². The minimum Gasteiger partial charge on any atom is -0.432 e. The molecular formula is C10H7Cl2NO2. The molecule has 5 heteroatoms. The third kappa shape index (κ3) is 2.08. The Kier molecular flexibility index (Phi) is 2.84. The van der Waals surface area contributed by atoms with Gasteiger partial charge in [0, 0.05) is 5.69 Å². The summed E-state index contributed by atoms with van der Waals surface area (Å²) in [5.74, 6) is -0.602. The Morgan fingerprint density at radius 1 is 1.20 bits per heavy atom. The first-order chi connectivity index (χ1) is 7.18. The highest BCUT2D eigenvalue weighted by atomic mass is 35.5. The number of ether oxygens (including phenoxy) is 1. The third-order valence-corrected chi connectivity index (χ3v) is 2.76. The SMILES string of the molecule is O=C1OC(Nc2ccccc2)C(Cl)=C1Cl. The predicted molar refractivity (Wildman–Crippen MR) is 58.7 cm³/mol. The van der Waals surface area contributed by atoms with Crippen molar-refractivity contribution in [2.24, 2.45) is 0 Å². The van der Waals surface area contributed by atoms with E-state index in [0.717, 1.165) is 5.69 Å². The van der Waals surface area contributed by atoms with Crippen molar-refractivity contribution in [1.82, 2.24) is 0 Å². The van der Waals surface area contributed by atoms with E-state index in [9.17, 15) is 4.79 Å². The highest BCUT2D eigenvalue weighted by Crippen LogP contribution is 2.29. The van der Waals surface area contributed by atoms with Crippen molar-refractivity contribution >= 4 is 34.9 Å². The highest BCUT2D eigenvalue weighted by Gasteiger charge is 2.31. The number of nitrogens with one attached hydrogen (secondary N) is 1. The molecule has 1 heterocycles. The Balaban J connectivity index is 2.13. The van der Waals surface area contributed by atoms with Gasteiger partial charge in [0.25, 0.3) is 0 Å². The van der Waals surface area contributed by atoms with Crippen LogP contribution in [0.25, 0.3) is 0 Å². The third-order valence-electron chi connectivity index (χ3n) is 1.92. The standard InChI is InChI=1S/C10H7Cl2NO2/c11-7-8(12)10(14)15-9(7)13-6-4-2-1-3-5-6/h1-5,9,13H. The van der Waals surface area contributed by atoms with Crippen LogP contribution in [-0.2, 0) is 9.53 Å². The molecule has 78 valence electrons. The Morgan fingerprint density at radius 3 is 2.40 bits per heavy atom. The van der Waals surface area contributed by atoms with Crippen molar-refractivity contribution in [3.63, 3.8) is 0 Å². The summed E-state index contributed by atoms with van der Waals surface area (Å²) in [6, 6.07) is 9.28. The largest absolute Gasteiger partial charge is 0.432 e. The number of carbonyl (C=O) groups excluding carboxylic acids is 1. The second-order valence-electron chi connectivity index (χ2n) is 2.96. The molecule has 0 saturated carbocycles. The number of carbonyl (C=O) groups is 1. The van der Waals surface area contributed by atoms with Gasteiger partial charge in [-0.3, -0.25) is 0 Å². The van der Waals surface area contributed by atoms with Gasteiger partial charge in [0.1, 0.15) is 10.1 Å². The predicted octanol–water partition coefficient (Wildman–Crippen LogP) is 2.67. The van der Waals surface area contributed by atoms with E-state index in [1.807, 2.05) is 30.3 Å². The number of hydrogen-bond acceptors (Lipinski definition) is 3. The van der Waals surface area contributed by atoms with Crippen LogP contribution < -0.4 is 5.32 Å². The van der Waals surface area contributed by atoms with Crippen LogP contribution in [-0.4, -0.2) is 12.2 Å². The van der Waals surface area contributed by atoms with E-state index in [4.69, 9.17) is 27.9 Å². The minimum absolute atomic E-state index is 0.0647. The lowest BCUT2D eigenvalue weighted by Crippen LogP contribution is -2.20. The maximum absolute atomic E-state index is 11.0. The highest BCUT2D eigenvalue weighted by molar-refractivity contribution is 6.48. The van der Waals surface area contributed by atoms with E-state index < -0.39 is 12.2 Å². The Hall–Kier alpha value is -1.19. The molecule has 1 N–H and O–H groups in total. The van der Waals surface area contributed by atoms with E-state index in [1.54, 1.807) is 0 Å². The molecule has 3 nitrogen and oxygen atoms in total. The number of halogens is 2. The van der Waals surface area contributed by atoms with Gasteiger partial charge in [0.2, 0.25) is 6.23 Å². The van der Waals surface area contributed by atoms with Crippen LogP contribution in [0.2, 0.25) is 0 Å². The molecule has 1 aromatic rings. The van der Waals surface area contributed by atoms with Gasteiger partial charge in [-0.1, -0.05) is 41.4 Å². The van der Waals surface area contributed by atoms with Gasteiger partial charge >= 0.3 is 5.97 Å². The zero-order valence-corrected chi connectivity index (χ0v) is 9.05. The van der Waals surface area contributed by atoms with Gasteiger partial charge in [-0.2, -0.15) is 0 Å². The molecule has 0 bridgehead atoms. The summed E-state index contributed by atoms with van der Waals surface area (Å²) in [5.41, 5.74) is 0.805. The van der Waals surface area contributed by atoms with E-state index in [-0.39, 0.29) is 10.1 Å². The van der Waals surface area contributed by atoms with Crippen LogP contribution in [0.1, 0.15) is 0 Å². The fraction of sp³-hybridized carbons (Fsp3) is 0.100. The molecule has 1 aliphatic rings. The molecule has 0 saturated heterocycles. The van der Waals surface area contributed by atoms with Gasteiger partial charge in [-0.25, -0.2) is 4.79 Å².